The van der Waals surface area contributed by atoms with Gasteiger partial charge in [0.1, 0.15) is 5.75 Å². The first-order chi connectivity index (χ1) is 9.10. The van der Waals surface area contributed by atoms with Crippen molar-refractivity contribution in [2.45, 2.75) is 39.0 Å². The number of aliphatic hydroxyl groups is 1. The Morgan fingerprint density at radius 2 is 1.84 bits per heavy atom. The molecule has 0 saturated heterocycles. The molecule has 0 spiro atoms. The quantitative estimate of drug-likeness (QED) is 0.675. The molecule has 0 amide bonds. The number of hydrogen-bond acceptors (Lipinski definition) is 3. The van der Waals surface area contributed by atoms with Crippen molar-refractivity contribution in [2.24, 2.45) is 0 Å². The maximum atomic E-state index is 8.73. The zero-order valence-corrected chi connectivity index (χ0v) is 12.4. The van der Waals surface area contributed by atoms with Crippen LogP contribution < -0.4 is 10.1 Å². The lowest BCUT2D eigenvalue weighted by molar-refractivity contribution is 0.283. The topological polar surface area (TPSA) is 41.5 Å². The fourth-order valence-electron chi connectivity index (χ4n) is 2.03. The van der Waals surface area contributed by atoms with E-state index in [1.54, 1.807) is 0 Å². The van der Waals surface area contributed by atoms with E-state index in [4.69, 9.17) is 9.84 Å². The third kappa shape index (κ3) is 5.62. The maximum Gasteiger partial charge on any atom is 0.119 e. The van der Waals surface area contributed by atoms with E-state index in [-0.39, 0.29) is 12.0 Å². The normalized spacial score (nSPS) is 11.6. The van der Waals surface area contributed by atoms with Gasteiger partial charge >= 0.3 is 0 Å². The van der Waals surface area contributed by atoms with Gasteiger partial charge in [-0.05, 0) is 44.0 Å². The molecule has 1 aromatic rings. The van der Waals surface area contributed by atoms with Crippen molar-refractivity contribution in [1.29, 1.82) is 0 Å². The Morgan fingerprint density at radius 1 is 1.16 bits per heavy atom. The van der Waals surface area contributed by atoms with Gasteiger partial charge in [0, 0.05) is 18.6 Å². The van der Waals surface area contributed by atoms with E-state index in [1.807, 2.05) is 19.1 Å². The number of benzene rings is 1. The minimum absolute atomic E-state index is 0.101. The summed E-state index contributed by atoms with van der Waals surface area (Å²) in [5.74, 6) is 0.929. The SMILES string of the molecule is CCOc1ccc(C(C)(C)CNCCCCO)cc1. The van der Waals surface area contributed by atoms with E-state index in [0.29, 0.717) is 6.61 Å². The molecule has 3 nitrogen and oxygen atoms in total. The number of ether oxygens (including phenoxy) is 1. The minimum Gasteiger partial charge on any atom is -0.494 e. The summed E-state index contributed by atoms with van der Waals surface area (Å²) in [6.45, 7) is 9.35. The molecular formula is C16H27NO2. The van der Waals surface area contributed by atoms with Crippen LogP contribution in [0, 0.1) is 0 Å². The minimum atomic E-state index is 0.101. The number of rotatable bonds is 9. The van der Waals surface area contributed by atoms with Gasteiger partial charge < -0.3 is 15.2 Å². The molecule has 0 aliphatic rings. The fraction of sp³-hybridized carbons (Fsp3) is 0.625. The van der Waals surface area contributed by atoms with Gasteiger partial charge in [-0.1, -0.05) is 26.0 Å². The maximum absolute atomic E-state index is 8.73. The molecule has 0 heterocycles. The molecule has 0 saturated carbocycles. The number of hydrogen-bond donors (Lipinski definition) is 2. The monoisotopic (exact) mass is 265 g/mol. The molecule has 1 aromatic carbocycles. The number of nitrogens with one attached hydrogen (secondary N) is 1. The molecule has 0 aliphatic carbocycles. The van der Waals surface area contributed by atoms with Gasteiger partial charge in [-0.15, -0.1) is 0 Å². The summed E-state index contributed by atoms with van der Waals surface area (Å²) in [7, 11) is 0. The Morgan fingerprint density at radius 3 is 2.42 bits per heavy atom. The molecule has 0 radical (unpaired) electrons. The highest BCUT2D eigenvalue weighted by Gasteiger charge is 2.19. The summed E-state index contributed by atoms with van der Waals surface area (Å²) in [4.78, 5) is 0. The van der Waals surface area contributed by atoms with E-state index in [2.05, 4.69) is 31.3 Å². The smallest absolute Gasteiger partial charge is 0.119 e. The van der Waals surface area contributed by atoms with Crippen molar-refractivity contribution in [2.75, 3.05) is 26.3 Å². The van der Waals surface area contributed by atoms with Crippen LogP contribution in [0.25, 0.3) is 0 Å². The van der Waals surface area contributed by atoms with Crippen LogP contribution in [0.5, 0.6) is 5.75 Å². The summed E-state index contributed by atoms with van der Waals surface area (Å²) in [5.41, 5.74) is 1.41. The van der Waals surface area contributed by atoms with Crippen LogP contribution in [0.2, 0.25) is 0 Å². The van der Waals surface area contributed by atoms with Crippen molar-refractivity contribution in [3.8, 4) is 5.75 Å². The van der Waals surface area contributed by atoms with Gasteiger partial charge in [0.25, 0.3) is 0 Å². The lowest BCUT2D eigenvalue weighted by Gasteiger charge is -2.26. The van der Waals surface area contributed by atoms with Crippen molar-refractivity contribution in [3.05, 3.63) is 29.8 Å². The molecular weight excluding hydrogens is 238 g/mol. The van der Waals surface area contributed by atoms with Gasteiger partial charge in [0.2, 0.25) is 0 Å². The summed E-state index contributed by atoms with van der Waals surface area (Å²) in [6, 6.07) is 8.35. The zero-order valence-electron chi connectivity index (χ0n) is 12.4. The van der Waals surface area contributed by atoms with Crippen molar-refractivity contribution in [3.63, 3.8) is 0 Å². The van der Waals surface area contributed by atoms with E-state index < -0.39 is 0 Å². The lowest BCUT2D eigenvalue weighted by Crippen LogP contribution is -2.33. The summed E-state index contributed by atoms with van der Waals surface area (Å²) >= 11 is 0. The predicted octanol–water partition coefficient (Wildman–Crippen LogP) is 2.73. The number of unbranched alkanes of at least 4 members (excludes halogenated alkanes) is 1. The molecule has 2 N–H and O–H groups in total. The Kier molecular flexibility index (Phi) is 6.89. The first-order valence-corrected chi connectivity index (χ1v) is 7.15. The van der Waals surface area contributed by atoms with E-state index in [1.165, 1.54) is 5.56 Å². The van der Waals surface area contributed by atoms with Crippen LogP contribution >= 0.6 is 0 Å². The zero-order chi connectivity index (χ0) is 14.1. The standard InChI is InChI=1S/C16H27NO2/c1-4-19-15-9-7-14(8-10-15)16(2,3)13-17-11-5-6-12-18/h7-10,17-18H,4-6,11-13H2,1-3H3. The van der Waals surface area contributed by atoms with Gasteiger partial charge in [-0.25, -0.2) is 0 Å². The first kappa shape index (κ1) is 16.0. The van der Waals surface area contributed by atoms with Crippen LogP contribution in [-0.2, 0) is 5.41 Å². The van der Waals surface area contributed by atoms with E-state index >= 15 is 0 Å². The average molecular weight is 265 g/mol. The summed E-state index contributed by atoms with van der Waals surface area (Å²) < 4.78 is 5.46. The highest BCUT2D eigenvalue weighted by atomic mass is 16.5. The van der Waals surface area contributed by atoms with Crippen molar-refractivity contribution < 1.29 is 9.84 Å². The first-order valence-electron chi connectivity index (χ1n) is 7.15. The van der Waals surface area contributed by atoms with Crippen LogP contribution in [0.4, 0.5) is 0 Å². The van der Waals surface area contributed by atoms with Crippen LogP contribution in [-0.4, -0.2) is 31.4 Å². The highest BCUT2D eigenvalue weighted by molar-refractivity contribution is 5.31. The predicted molar refractivity (Wildman–Crippen MR) is 79.8 cm³/mol. The molecule has 19 heavy (non-hydrogen) atoms. The van der Waals surface area contributed by atoms with Crippen molar-refractivity contribution >= 4 is 0 Å². The van der Waals surface area contributed by atoms with Crippen LogP contribution in [0.3, 0.4) is 0 Å². The molecule has 108 valence electrons. The number of aliphatic hydroxyl groups excluding tert-OH is 1. The fourth-order valence-corrected chi connectivity index (χ4v) is 2.03. The van der Waals surface area contributed by atoms with Gasteiger partial charge in [0.15, 0.2) is 0 Å². The second-order valence-corrected chi connectivity index (χ2v) is 5.45. The Bertz CT molecular complexity index is 346. The van der Waals surface area contributed by atoms with Crippen LogP contribution in [0.1, 0.15) is 39.2 Å². The van der Waals surface area contributed by atoms with E-state index in [9.17, 15) is 0 Å². The second kappa shape index (κ2) is 8.18. The molecule has 0 aliphatic heterocycles. The van der Waals surface area contributed by atoms with Gasteiger partial charge in [-0.3, -0.25) is 0 Å². The van der Waals surface area contributed by atoms with Gasteiger partial charge in [-0.2, -0.15) is 0 Å². The molecule has 0 atom stereocenters. The molecule has 0 aromatic heterocycles. The molecule has 1 rings (SSSR count). The largest absolute Gasteiger partial charge is 0.494 e. The Labute approximate surface area is 117 Å². The second-order valence-electron chi connectivity index (χ2n) is 5.45. The average Bonchev–Trinajstić information content (AvgIpc) is 2.39. The van der Waals surface area contributed by atoms with Crippen LogP contribution in [0.15, 0.2) is 24.3 Å². The molecule has 0 bridgehead atoms. The molecule has 0 unspecified atom stereocenters. The third-order valence-electron chi connectivity index (χ3n) is 3.28. The molecule has 3 heteroatoms. The summed E-state index contributed by atoms with van der Waals surface area (Å²) in [5, 5.41) is 12.2. The molecule has 0 fully saturated rings. The Hall–Kier alpha value is -1.06. The van der Waals surface area contributed by atoms with Crippen molar-refractivity contribution in [1.82, 2.24) is 5.32 Å². The lowest BCUT2D eigenvalue weighted by atomic mass is 9.84. The summed E-state index contributed by atoms with van der Waals surface area (Å²) in [6.07, 6.45) is 1.90. The van der Waals surface area contributed by atoms with E-state index in [0.717, 1.165) is 31.7 Å². The third-order valence-corrected chi connectivity index (χ3v) is 3.28. The Balaban J connectivity index is 2.46. The highest BCUT2D eigenvalue weighted by Crippen LogP contribution is 2.24. The van der Waals surface area contributed by atoms with Gasteiger partial charge in [0.05, 0.1) is 6.61 Å².